The summed E-state index contributed by atoms with van der Waals surface area (Å²) in [5.41, 5.74) is 11.0. The quantitative estimate of drug-likeness (QED) is 0.339. The molecule has 0 fully saturated rings. The fourth-order valence-corrected chi connectivity index (χ4v) is 3.01. The maximum absolute atomic E-state index is 11.4. The molecule has 0 radical (unpaired) electrons. The van der Waals surface area contributed by atoms with Gasteiger partial charge in [0.2, 0.25) is 5.95 Å². The van der Waals surface area contributed by atoms with Crippen molar-refractivity contribution in [2.75, 3.05) is 18.2 Å². The molecule has 0 aliphatic rings. The van der Waals surface area contributed by atoms with Crippen LogP contribution in [0.15, 0.2) is 53.0 Å². The minimum absolute atomic E-state index is 0.125. The molecule has 28 heavy (non-hydrogen) atoms. The summed E-state index contributed by atoms with van der Waals surface area (Å²) in [5, 5.41) is 11.8. The Labute approximate surface area is 169 Å². The molecule has 9 heteroatoms. The molecule has 0 saturated carbocycles. The Kier molecular flexibility index (Phi) is 6.19. The SMILES string of the molecule is COCc1ccc(Br)cc1-c1cc(Nc2ccc(C(=O)NO)cc2)nc(N)n1. The Morgan fingerprint density at radius 2 is 1.93 bits per heavy atom. The molecule has 1 amide bonds. The van der Waals surface area contributed by atoms with Crippen LogP contribution >= 0.6 is 15.9 Å². The third kappa shape index (κ3) is 4.63. The Morgan fingerprint density at radius 1 is 1.18 bits per heavy atom. The van der Waals surface area contributed by atoms with E-state index in [1.165, 1.54) is 0 Å². The van der Waals surface area contributed by atoms with Crippen LogP contribution in [0.2, 0.25) is 0 Å². The van der Waals surface area contributed by atoms with Crippen LogP contribution in [0.4, 0.5) is 17.5 Å². The van der Waals surface area contributed by atoms with Crippen molar-refractivity contribution in [2.24, 2.45) is 0 Å². The average Bonchev–Trinajstić information content (AvgIpc) is 2.69. The summed E-state index contributed by atoms with van der Waals surface area (Å²) in [6.07, 6.45) is 0. The molecule has 1 heterocycles. The van der Waals surface area contributed by atoms with Crippen molar-refractivity contribution >= 4 is 39.3 Å². The summed E-state index contributed by atoms with van der Waals surface area (Å²) in [6.45, 7) is 0.434. The van der Waals surface area contributed by atoms with Gasteiger partial charge >= 0.3 is 0 Å². The van der Waals surface area contributed by atoms with Gasteiger partial charge in [-0.2, -0.15) is 4.98 Å². The monoisotopic (exact) mass is 443 g/mol. The number of nitrogens with one attached hydrogen (secondary N) is 2. The molecule has 1 aromatic heterocycles. The first-order valence-electron chi connectivity index (χ1n) is 8.24. The lowest BCUT2D eigenvalue weighted by Crippen LogP contribution is -2.18. The van der Waals surface area contributed by atoms with Crippen LogP contribution in [0, 0.1) is 0 Å². The number of halogens is 1. The van der Waals surface area contributed by atoms with Crippen LogP contribution in [-0.4, -0.2) is 28.2 Å². The number of carbonyl (C=O) groups is 1. The third-order valence-corrected chi connectivity index (χ3v) is 4.41. The minimum Gasteiger partial charge on any atom is -0.380 e. The van der Waals surface area contributed by atoms with Crippen LogP contribution in [0.1, 0.15) is 15.9 Å². The van der Waals surface area contributed by atoms with Crippen molar-refractivity contribution in [3.63, 3.8) is 0 Å². The van der Waals surface area contributed by atoms with E-state index in [0.29, 0.717) is 29.4 Å². The van der Waals surface area contributed by atoms with Crippen molar-refractivity contribution in [1.82, 2.24) is 15.4 Å². The Morgan fingerprint density at radius 3 is 2.61 bits per heavy atom. The van der Waals surface area contributed by atoms with Crippen LogP contribution in [-0.2, 0) is 11.3 Å². The van der Waals surface area contributed by atoms with Gasteiger partial charge in [0, 0.05) is 34.5 Å². The van der Waals surface area contributed by atoms with Gasteiger partial charge < -0.3 is 15.8 Å². The van der Waals surface area contributed by atoms with Crippen LogP contribution in [0.3, 0.4) is 0 Å². The second-order valence-corrected chi connectivity index (χ2v) is 6.79. The molecule has 0 spiro atoms. The highest BCUT2D eigenvalue weighted by atomic mass is 79.9. The molecular weight excluding hydrogens is 426 g/mol. The number of ether oxygens (including phenoxy) is 1. The maximum atomic E-state index is 11.4. The smallest absolute Gasteiger partial charge is 0.274 e. The van der Waals surface area contributed by atoms with Gasteiger partial charge in [0.1, 0.15) is 5.82 Å². The Balaban J connectivity index is 1.92. The van der Waals surface area contributed by atoms with E-state index < -0.39 is 5.91 Å². The van der Waals surface area contributed by atoms with E-state index in [-0.39, 0.29) is 5.95 Å². The number of nitrogen functional groups attached to an aromatic ring is 1. The molecule has 3 aromatic rings. The van der Waals surface area contributed by atoms with E-state index in [2.05, 4.69) is 31.2 Å². The van der Waals surface area contributed by atoms with Gasteiger partial charge in [-0.3, -0.25) is 10.0 Å². The number of amides is 1. The van der Waals surface area contributed by atoms with E-state index in [1.807, 2.05) is 18.2 Å². The van der Waals surface area contributed by atoms with Gasteiger partial charge in [0.05, 0.1) is 12.3 Å². The van der Waals surface area contributed by atoms with Crippen molar-refractivity contribution in [1.29, 1.82) is 0 Å². The summed E-state index contributed by atoms with van der Waals surface area (Å²) in [4.78, 5) is 20.0. The fourth-order valence-electron chi connectivity index (χ4n) is 2.65. The number of hydroxylamine groups is 1. The van der Waals surface area contributed by atoms with Gasteiger partial charge in [-0.25, -0.2) is 10.5 Å². The minimum atomic E-state index is -0.583. The fraction of sp³-hybridized carbons (Fsp3) is 0.105. The summed E-state index contributed by atoms with van der Waals surface area (Å²) in [6, 6.07) is 14.2. The van der Waals surface area contributed by atoms with Gasteiger partial charge in [0.15, 0.2) is 0 Å². The predicted octanol–water partition coefficient (Wildman–Crippen LogP) is 3.50. The van der Waals surface area contributed by atoms with Gasteiger partial charge in [-0.05, 0) is 42.0 Å². The second kappa shape index (κ2) is 8.79. The molecule has 0 saturated heterocycles. The largest absolute Gasteiger partial charge is 0.380 e. The molecular formula is C19H18BrN5O3. The number of nitrogens with zero attached hydrogens (tertiary/aromatic N) is 2. The molecule has 0 unspecified atom stereocenters. The highest BCUT2D eigenvalue weighted by molar-refractivity contribution is 9.10. The number of carbonyl (C=O) groups excluding carboxylic acids is 1. The van der Waals surface area contributed by atoms with Crippen LogP contribution in [0.25, 0.3) is 11.3 Å². The third-order valence-electron chi connectivity index (χ3n) is 3.91. The zero-order chi connectivity index (χ0) is 20.1. The van der Waals surface area contributed by atoms with Crippen molar-refractivity contribution < 1.29 is 14.7 Å². The zero-order valence-electron chi connectivity index (χ0n) is 14.9. The summed E-state index contributed by atoms with van der Waals surface area (Å²) < 4.78 is 6.18. The van der Waals surface area contributed by atoms with E-state index in [4.69, 9.17) is 15.7 Å². The molecule has 0 aliphatic heterocycles. The van der Waals surface area contributed by atoms with Crippen LogP contribution in [0.5, 0.6) is 0 Å². The highest BCUT2D eigenvalue weighted by Gasteiger charge is 2.11. The summed E-state index contributed by atoms with van der Waals surface area (Å²) in [7, 11) is 1.63. The van der Waals surface area contributed by atoms with Gasteiger partial charge in [-0.15, -0.1) is 0 Å². The lowest BCUT2D eigenvalue weighted by molar-refractivity contribution is 0.0706. The lowest BCUT2D eigenvalue weighted by atomic mass is 10.0. The van der Waals surface area contributed by atoms with Gasteiger partial charge in [-0.1, -0.05) is 22.0 Å². The first-order chi connectivity index (χ1) is 13.5. The molecule has 0 bridgehead atoms. The maximum Gasteiger partial charge on any atom is 0.274 e. The number of hydrogen-bond acceptors (Lipinski definition) is 7. The van der Waals surface area contributed by atoms with Gasteiger partial charge in [0.25, 0.3) is 5.91 Å². The van der Waals surface area contributed by atoms with Crippen molar-refractivity contribution in [2.45, 2.75) is 6.61 Å². The molecule has 3 rings (SSSR count). The highest BCUT2D eigenvalue weighted by Crippen LogP contribution is 2.29. The number of hydrogen-bond donors (Lipinski definition) is 4. The number of nitrogens with two attached hydrogens (primary N) is 1. The molecule has 144 valence electrons. The summed E-state index contributed by atoms with van der Waals surface area (Å²) in [5.74, 6) is 0.0465. The Hall–Kier alpha value is -3.01. The molecule has 5 N–H and O–H groups in total. The predicted molar refractivity (Wildman–Crippen MR) is 109 cm³/mol. The number of benzene rings is 2. The molecule has 0 atom stereocenters. The average molecular weight is 444 g/mol. The number of anilines is 3. The molecule has 2 aromatic carbocycles. The Bertz CT molecular complexity index is 995. The number of rotatable bonds is 6. The normalized spacial score (nSPS) is 10.5. The lowest BCUT2D eigenvalue weighted by Gasteiger charge is -2.12. The zero-order valence-corrected chi connectivity index (χ0v) is 16.5. The van der Waals surface area contributed by atoms with Crippen molar-refractivity contribution in [3.05, 3.63) is 64.1 Å². The topological polar surface area (TPSA) is 122 Å². The standard InChI is InChI=1S/C19H18BrN5O3/c1-28-10-12-2-5-13(20)8-15(12)16-9-17(24-19(21)23-16)22-14-6-3-11(4-7-14)18(26)25-27/h2-9,27H,10H2,1H3,(H,25,26)(H3,21,22,23,24). The summed E-state index contributed by atoms with van der Waals surface area (Å²) >= 11 is 3.48. The van der Waals surface area contributed by atoms with E-state index in [0.717, 1.165) is 15.6 Å². The second-order valence-electron chi connectivity index (χ2n) is 5.87. The van der Waals surface area contributed by atoms with Crippen molar-refractivity contribution in [3.8, 4) is 11.3 Å². The van der Waals surface area contributed by atoms with E-state index in [9.17, 15) is 4.79 Å². The number of methoxy groups -OCH3 is 1. The molecule has 8 nitrogen and oxygen atoms in total. The first-order valence-corrected chi connectivity index (χ1v) is 9.03. The molecule has 0 aliphatic carbocycles. The first kappa shape index (κ1) is 19.7. The van der Waals surface area contributed by atoms with E-state index in [1.54, 1.807) is 42.9 Å². The van der Waals surface area contributed by atoms with E-state index >= 15 is 0 Å². The van der Waals surface area contributed by atoms with Crippen LogP contribution < -0.4 is 16.5 Å². The number of aromatic nitrogens is 2.